The van der Waals surface area contributed by atoms with Crippen molar-refractivity contribution in [3.63, 3.8) is 0 Å². The van der Waals surface area contributed by atoms with Crippen LogP contribution in [0.4, 0.5) is 0 Å². The highest BCUT2D eigenvalue weighted by Gasteiger charge is 2.18. The van der Waals surface area contributed by atoms with Crippen LogP contribution < -0.4 is 5.32 Å². The first-order valence-electron chi connectivity index (χ1n) is 7.15. The molecule has 1 aliphatic rings. The van der Waals surface area contributed by atoms with E-state index in [1.54, 1.807) is 0 Å². The van der Waals surface area contributed by atoms with E-state index in [2.05, 4.69) is 31.0 Å². The van der Waals surface area contributed by atoms with E-state index >= 15 is 0 Å². The molecule has 96 valence electrons. The molecule has 1 rings (SSSR count). The van der Waals surface area contributed by atoms with Gasteiger partial charge in [0.2, 0.25) is 0 Å². The molecule has 0 saturated carbocycles. The molecule has 0 bridgehead atoms. The van der Waals surface area contributed by atoms with Crippen LogP contribution in [0.15, 0.2) is 0 Å². The van der Waals surface area contributed by atoms with Crippen LogP contribution in [-0.4, -0.2) is 37.1 Å². The lowest BCUT2D eigenvalue weighted by atomic mass is 10.2. The van der Waals surface area contributed by atoms with E-state index in [1.165, 1.54) is 58.3 Å². The molecule has 0 aromatic carbocycles. The molecule has 1 N–H and O–H groups in total. The second-order valence-electron chi connectivity index (χ2n) is 5.69. The Bertz CT molecular complexity index is 168. The number of rotatable bonds is 8. The summed E-state index contributed by atoms with van der Waals surface area (Å²) >= 11 is 0. The lowest BCUT2D eigenvalue weighted by molar-refractivity contribution is 0.262. The van der Waals surface area contributed by atoms with Gasteiger partial charge in [0.15, 0.2) is 0 Å². The van der Waals surface area contributed by atoms with E-state index < -0.39 is 0 Å². The molecule has 1 heterocycles. The summed E-state index contributed by atoms with van der Waals surface area (Å²) in [7, 11) is 0. The fourth-order valence-electron chi connectivity index (χ4n) is 2.46. The molecule has 0 radical (unpaired) electrons. The van der Waals surface area contributed by atoms with Gasteiger partial charge >= 0.3 is 0 Å². The molecular formula is C14H30N2. The van der Waals surface area contributed by atoms with Crippen molar-refractivity contribution in [1.29, 1.82) is 0 Å². The lowest BCUT2D eigenvalue weighted by Crippen LogP contribution is -2.28. The quantitative estimate of drug-likeness (QED) is 0.640. The highest BCUT2D eigenvalue weighted by atomic mass is 15.2. The molecule has 1 saturated heterocycles. The van der Waals surface area contributed by atoms with Crippen molar-refractivity contribution in [2.24, 2.45) is 5.92 Å². The van der Waals surface area contributed by atoms with Gasteiger partial charge < -0.3 is 10.2 Å². The van der Waals surface area contributed by atoms with Gasteiger partial charge in [0, 0.05) is 6.04 Å². The SMILES string of the molecule is CC(C)CNCCCCCN1CCCC1C. The van der Waals surface area contributed by atoms with E-state index in [9.17, 15) is 0 Å². The molecule has 1 atom stereocenters. The van der Waals surface area contributed by atoms with Crippen LogP contribution in [0.1, 0.15) is 52.9 Å². The predicted molar refractivity (Wildman–Crippen MR) is 71.8 cm³/mol. The van der Waals surface area contributed by atoms with Gasteiger partial charge in [-0.1, -0.05) is 20.3 Å². The second kappa shape index (κ2) is 8.08. The normalized spacial score (nSPS) is 22.1. The number of likely N-dealkylation sites (tertiary alicyclic amines) is 1. The number of nitrogens with one attached hydrogen (secondary N) is 1. The van der Waals surface area contributed by atoms with E-state index in [0.717, 1.165) is 12.0 Å². The first-order chi connectivity index (χ1) is 7.70. The number of nitrogens with zero attached hydrogens (tertiary/aromatic N) is 1. The molecule has 2 heteroatoms. The molecule has 1 unspecified atom stereocenters. The van der Waals surface area contributed by atoms with Gasteiger partial charge in [0.05, 0.1) is 0 Å². The fraction of sp³-hybridized carbons (Fsp3) is 1.00. The van der Waals surface area contributed by atoms with Gasteiger partial charge in [-0.05, 0) is 64.7 Å². The lowest BCUT2D eigenvalue weighted by Gasteiger charge is -2.20. The molecule has 0 aliphatic carbocycles. The highest BCUT2D eigenvalue weighted by molar-refractivity contribution is 4.74. The van der Waals surface area contributed by atoms with Crippen molar-refractivity contribution in [2.75, 3.05) is 26.2 Å². The van der Waals surface area contributed by atoms with Gasteiger partial charge in [-0.3, -0.25) is 0 Å². The Kier molecular flexibility index (Phi) is 7.06. The highest BCUT2D eigenvalue weighted by Crippen LogP contribution is 2.16. The molecule has 0 aromatic rings. The van der Waals surface area contributed by atoms with Crippen LogP contribution in [0.2, 0.25) is 0 Å². The average molecular weight is 226 g/mol. The monoisotopic (exact) mass is 226 g/mol. The minimum Gasteiger partial charge on any atom is -0.316 e. The molecule has 0 spiro atoms. The minimum atomic E-state index is 0.783. The van der Waals surface area contributed by atoms with Gasteiger partial charge in [0.1, 0.15) is 0 Å². The summed E-state index contributed by atoms with van der Waals surface area (Å²) in [5.74, 6) is 0.783. The summed E-state index contributed by atoms with van der Waals surface area (Å²) in [5, 5.41) is 3.51. The van der Waals surface area contributed by atoms with Crippen LogP contribution in [0.25, 0.3) is 0 Å². The van der Waals surface area contributed by atoms with E-state index in [-0.39, 0.29) is 0 Å². The maximum Gasteiger partial charge on any atom is 0.00674 e. The van der Waals surface area contributed by atoms with Crippen LogP contribution in [0, 0.1) is 5.92 Å². The summed E-state index contributed by atoms with van der Waals surface area (Å²) < 4.78 is 0. The Hall–Kier alpha value is -0.0800. The Balaban J connectivity index is 1.84. The summed E-state index contributed by atoms with van der Waals surface area (Å²) in [6.07, 6.45) is 6.93. The fourth-order valence-corrected chi connectivity index (χ4v) is 2.46. The number of hydrogen-bond acceptors (Lipinski definition) is 2. The standard InChI is InChI=1S/C14H30N2/c1-13(2)12-15-9-5-4-6-10-16-11-7-8-14(16)3/h13-15H,4-12H2,1-3H3. The molecule has 16 heavy (non-hydrogen) atoms. The Morgan fingerprint density at radius 3 is 2.69 bits per heavy atom. The van der Waals surface area contributed by atoms with Crippen molar-refractivity contribution >= 4 is 0 Å². The Labute approximate surface area is 102 Å². The van der Waals surface area contributed by atoms with Crippen molar-refractivity contribution in [3.8, 4) is 0 Å². The van der Waals surface area contributed by atoms with Crippen molar-refractivity contribution in [3.05, 3.63) is 0 Å². The third-order valence-corrected chi connectivity index (χ3v) is 3.54. The van der Waals surface area contributed by atoms with Crippen LogP contribution in [0.3, 0.4) is 0 Å². The second-order valence-corrected chi connectivity index (χ2v) is 5.69. The maximum atomic E-state index is 3.51. The van der Waals surface area contributed by atoms with Gasteiger partial charge in [-0.2, -0.15) is 0 Å². The Morgan fingerprint density at radius 2 is 2.06 bits per heavy atom. The molecule has 2 nitrogen and oxygen atoms in total. The van der Waals surface area contributed by atoms with Crippen LogP contribution >= 0.6 is 0 Å². The summed E-state index contributed by atoms with van der Waals surface area (Å²) in [6.45, 7) is 11.9. The van der Waals surface area contributed by atoms with Gasteiger partial charge in [-0.25, -0.2) is 0 Å². The van der Waals surface area contributed by atoms with Gasteiger partial charge in [0.25, 0.3) is 0 Å². The third kappa shape index (κ3) is 5.86. The smallest absolute Gasteiger partial charge is 0.00674 e. The van der Waals surface area contributed by atoms with Crippen molar-refractivity contribution in [1.82, 2.24) is 10.2 Å². The third-order valence-electron chi connectivity index (χ3n) is 3.54. The zero-order valence-electron chi connectivity index (χ0n) is 11.5. The topological polar surface area (TPSA) is 15.3 Å². The first-order valence-corrected chi connectivity index (χ1v) is 7.15. The van der Waals surface area contributed by atoms with Crippen molar-refractivity contribution < 1.29 is 0 Å². The summed E-state index contributed by atoms with van der Waals surface area (Å²) in [6, 6.07) is 0.846. The number of hydrogen-bond donors (Lipinski definition) is 1. The minimum absolute atomic E-state index is 0.783. The first kappa shape index (κ1) is 14.0. The van der Waals surface area contributed by atoms with E-state index in [4.69, 9.17) is 0 Å². The van der Waals surface area contributed by atoms with Crippen LogP contribution in [-0.2, 0) is 0 Å². The van der Waals surface area contributed by atoms with E-state index in [0.29, 0.717) is 0 Å². The van der Waals surface area contributed by atoms with Crippen molar-refractivity contribution in [2.45, 2.75) is 58.9 Å². The molecule has 1 fully saturated rings. The zero-order valence-corrected chi connectivity index (χ0v) is 11.5. The van der Waals surface area contributed by atoms with Gasteiger partial charge in [-0.15, -0.1) is 0 Å². The number of unbranched alkanes of at least 4 members (excludes halogenated alkanes) is 2. The largest absolute Gasteiger partial charge is 0.316 e. The van der Waals surface area contributed by atoms with E-state index in [1.807, 2.05) is 0 Å². The van der Waals surface area contributed by atoms with Crippen LogP contribution in [0.5, 0.6) is 0 Å². The molecule has 1 aliphatic heterocycles. The molecule has 0 aromatic heterocycles. The zero-order chi connectivity index (χ0) is 11.8. The maximum absolute atomic E-state index is 3.51. The molecule has 0 amide bonds. The Morgan fingerprint density at radius 1 is 1.25 bits per heavy atom. The molecular weight excluding hydrogens is 196 g/mol. The average Bonchev–Trinajstić information content (AvgIpc) is 2.62. The summed E-state index contributed by atoms with van der Waals surface area (Å²) in [5.41, 5.74) is 0. The summed E-state index contributed by atoms with van der Waals surface area (Å²) in [4.78, 5) is 2.65. The predicted octanol–water partition coefficient (Wildman–Crippen LogP) is 2.89.